The molecule has 3 aromatic rings. The predicted molar refractivity (Wildman–Crippen MR) is 169 cm³/mol. The maximum atomic E-state index is 14.2. The first-order valence-electron chi connectivity index (χ1n) is 15.6. The van der Waals surface area contributed by atoms with E-state index >= 15 is 0 Å². The van der Waals surface area contributed by atoms with Gasteiger partial charge in [0.2, 0.25) is 0 Å². The van der Waals surface area contributed by atoms with Gasteiger partial charge in [-0.1, -0.05) is 67.7 Å². The Morgan fingerprint density at radius 2 is 1.81 bits per heavy atom. The molecule has 0 atom stereocenters. The van der Waals surface area contributed by atoms with Crippen LogP contribution in [0.15, 0.2) is 56.9 Å². The molecule has 1 amide bonds. The van der Waals surface area contributed by atoms with Crippen molar-refractivity contribution in [3.05, 3.63) is 64.9 Å². The largest absolute Gasteiger partial charge is 0.522 e. The number of sulfonamides is 1. The SMILES string of the molecule is CCCCC1=NC2(CCCC2)C(=O)N1Cc1ccc(-c2ccccc2S(=O)(=O)N(COC)c2noc(C)c2C)c(COC(F)(F)F)c1. The number of carbonyl (C=O) groups is 1. The lowest BCUT2D eigenvalue weighted by atomic mass is 9.96. The third-order valence-corrected chi connectivity index (χ3v) is 10.5. The number of aliphatic imine (C=N–C) groups is 1. The molecule has 0 saturated heterocycles. The molecule has 254 valence electrons. The summed E-state index contributed by atoms with van der Waals surface area (Å²) in [5, 5.41) is 3.92. The fourth-order valence-corrected chi connectivity index (χ4v) is 7.79. The number of ether oxygens (including phenoxy) is 2. The Balaban J connectivity index is 1.56. The van der Waals surface area contributed by atoms with Gasteiger partial charge < -0.3 is 9.26 Å². The third kappa shape index (κ3) is 7.09. The Labute approximate surface area is 272 Å². The number of methoxy groups -OCH3 is 1. The van der Waals surface area contributed by atoms with Gasteiger partial charge in [0.25, 0.3) is 15.9 Å². The monoisotopic (exact) mass is 676 g/mol. The van der Waals surface area contributed by atoms with Crippen LogP contribution in [-0.4, -0.2) is 56.0 Å². The highest BCUT2D eigenvalue weighted by Gasteiger charge is 2.49. The van der Waals surface area contributed by atoms with Crippen LogP contribution in [0.1, 0.15) is 74.3 Å². The number of amides is 1. The number of aromatic nitrogens is 1. The second kappa shape index (κ2) is 13.8. The van der Waals surface area contributed by atoms with Crippen molar-refractivity contribution in [2.24, 2.45) is 4.99 Å². The van der Waals surface area contributed by atoms with E-state index in [1.807, 2.05) is 0 Å². The molecule has 10 nitrogen and oxygen atoms in total. The van der Waals surface area contributed by atoms with E-state index in [2.05, 4.69) is 16.8 Å². The van der Waals surface area contributed by atoms with Crippen LogP contribution in [0.2, 0.25) is 0 Å². The normalized spacial score (nSPS) is 16.4. The predicted octanol–water partition coefficient (Wildman–Crippen LogP) is 7.04. The average molecular weight is 677 g/mol. The van der Waals surface area contributed by atoms with Crippen molar-refractivity contribution in [3.8, 4) is 11.1 Å². The Morgan fingerprint density at radius 3 is 2.45 bits per heavy atom. The van der Waals surface area contributed by atoms with Crippen LogP contribution in [0.4, 0.5) is 19.0 Å². The summed E-state index contributed by atoms with van der Waals surface area (Å²) < 4.78 is 84.1. The van der Waals surface area contributed by atoms with Gasteiger partial charge in [-0.05, 0) is 55.9 Å². The van der Waals surface area contributed by atoms with Gasteiger partial charge in [0.1, 0.15) is 23.9 Å². The van der Waals surface area contributed by atoms with Crippen molar-refractivity contribution in [2.45, 2.75) is 95.7 Å². The Kier molecular flexibility index (Phi) is 10.1. The van der Waals surface area contributed by atoms with Crippen LogP contribution in [0, 0.1) is 13.8 Å². The fraction of sp³-hybridized carbons (Fsp3) is 0.485. The van der Waals surface area contributed by atoms with Crippen LogP contribution < -0.4 is 4.31 Å². The highest BCUT2D eigenvalue weighted by molar-refractivity contribution is 7.93. The molecular formula is C33H39F3N4O6S. The molecule has 1 aromatic heterocycles. The van der Waals surface area contributed by atoms with Crippen LogP contribution in [-0.2, 0) is 37.4 Å². The highest BCUT2D eigenvalue weighted by atomic mass is 32.2. The number of aryl methyl sites for hydroxylation is 1. The van der Waals surface area contributed by atoms with Crippen LogP contribution >= 0.6 is 0 Å². The second-order valence-corrected chi connectivity index (χ2v) is 13.8. The van der Waals surface area contributed by atoms with Gasteiger partial charge >= 0.3 is 6.36 Å². The summed E-state index contributed by atoms with van der Waals surface area (Å²) in [5.74, 6) is 1.08. The zero-order valence-electron chi connectivity index (χ0n) is 26.9. The summed E-state index contributed by atoms with van der Waals surface area (Å²) in [6, 6.07) is 10.8. The molecule has 0 unspecified atom stereocenters. The van der Waals surface area contributed by atoms with Gasteiger partial charge in [0.15, 0.2) is 5.82 Å². The smallest absolute Gasteiger partial charge is 0.363 e. The van der Waals surface area contributed by atoms with Gasteiger partial charge in [0.05, 0.1) is 18.0 Å². The first-order chi connectivity index (χ1) is 22.3. The number of nitrogens with zero attached hydrogens (tertiary/aromatic N) is 4. The zero-order chi connectivity index (χ0) is 34.0. The Morgan fingerprint density at radius 1 is 1.09 bits per heavy atom. The lowest BCUT2D eigenvalue weighted by Crippen LogP contribution is -2.40. The van der Waals surface area contributed by atoms with Crippen molar-refractivity contribution >= 4 is 27.6 Å². The molecule has 1 saturated carbocycles. The van der Waals surface area contributed by atoms with Crippen molar-refractivity contribution in [1.82, 2.24) is 10.1 Å². The molecule has 2 aliphatic rings. The lowest BCUT2D eigenvalue weighted by Gasteiger charge is -2.24. The van der Waals surface area contributed by atoms with E-state index in [9.17, 15) is 26.4 Å². The van der Waals surface area contributed by atoms with Gasteiger partial charge in [0, 0.05) is 24.7 Å². The number of rotatable bonds is 13. The minimum absolute atomic E-state index is 0.0333. The molecule has 0 radical (unpaired) electrons. The summed E-state index contributed by atoms with van der Waals surface area (Å²) in [7, 11) is -3.04. The molecule has 1 aliphatic heterocycles. The fourth-order valence-electron chi connectivity index (χ4n) is 6.20. The highest BCUT2D eigenvalue weighted by Crippen LogP contribution is 2.41. The minimum Gasteiger partial charge on any atom is -0.363 e. The number of halogens is 3. The standard InChI is InChI=1S/C33H39F3N4O6S/c1-5-6-13-29-37-32(16-9-10-17-32)31(41)39(29)19-24-14-15-26(25(18-24)20-45-33(34,35)36)27-11-7-8-12-28(27)47(42,43)40(21-44-4)30-22(2)23(3)46-38-30/h7-8,11-12,14-15,18H,5-6,9-10,13,16-17,19-21H2,1-4H3. The summed E-state index contributed by atoms with van der Waals surface area (Å²) >= 11 is 0. The summed E-state index contributed by atoms with van der Waals surface area (Å²) in [6.07, 6.45) is 0.648. The molecular weight excluding hydrogens is 637 g/mol. The van der Waals surface area contributed by atoms with E-state index in [4.69, 9.17) is 14.3 Å². The first-order valence-corrected chi connectivity index (χ1v) is 17.0. The summed E-state index contributed by atoms with van der Waals surface area (Å²) in [6.45, 7) is 4.22. The molecule has 0 N–H and O–H groups in total. The number of hydrogen-bond acceptors (Lipinski definition) is 8. The maximum Gasteiger partial charge on any atom is 0.522 e. The van der Waals surface area contributed by atoms with Crippen LogP contribution in [0.25, 0.3) is 11.1 Å². The molecule has 1 spiro atoms. The molecule has 2 aromatic carbocycles. The number of benzene rings is 2. The Bertz CT molecular complexity index is 1750. The van der Waals surface area contributed by atoms with Crippen LogP contribution in [0.5, 0.6) is 0 Å². The molecule has 1 fully saturated rings. The van der Waals surface area contributed by atoms with E-state index < -0.39 is 28.5 Å². The van der Waals surface area contributed by atoms with E-state index in [1.165, 1.54) is 31.4 Å². The molecule has 1 aliphatic carbocycles. The molecule has 0 bridgehead atoms. The average Bonchev–Trinajstić information content (AvgIpc) is 3.72. The van der Waals surface area contributed by atoms with Crippen molar-refractivity contribution in [2.75, 3.05) is 18.1 Å². The van der Waals surface area contributed by atoms with Gasteiger partial charge in [-0.3, -0.25) is 19.4 Å². The van der Waals surface area contributed by atoms with E-state index in [0.717, 1.165) is 30.0 Å². The van der Waals surface area contributed by atoms with Gasteiger partial charge in [-0.25, -0.2) is 12.7 Å². The number of unbranched alkanes of at least 4 members (excludes halogenated alkanes) is 1. The second-order valence-electron chi connectivity index (χ2n) is 11.9. The number of anilines is 1. The van der Waals surface area contributed by atoms with Gasteiger partial charge in [-0.2, -0.15) is 0 Å². The molecule has 5 rings (SSSR count). The molecule has 47 heavy (non-hydrogen) atoms. The topological polar surface area (TPSA) is 115 Å². The molecule has 14 heteroatoms. The van der Waals surface area contributed by atoms with E-state index in [0.29, 0.717) is 42.0 Å². The van der Waals surface area contributed by atoms with Crippen molar-refractivity contribution < 1.29 is 40.4 Å². The number of amidine groups is 1. The van der Waals surface area contributed by atoms with Crippen molar-refractivity contribution in [3.63, 3.8) is 0 Å². The van der Waals surface area contributed by atoms with Crippen molar-refractivity contribution in [1.29, 1.82) is 0 Å². The van der Waals surface area contributed by atoms with E-state index in [-0.39, 0.29) is 46.6 Å². The summed E-state index contributed by atoms with van der Waals surface area (Å²) in [5.41, 5.74) is 0.784. The van der Waals surface area contributed by atoms with Gasteiger partial charge in [-0.15, -0.1) is 13.2 Å². The summed E-state index contributed by atoms with van der Waals surface area (Å²) in [4.78, 5) is 20.1. The minimum atomic E-state index is -4.93. The molecule has 2 heterocycles. The number of alkyl halides is 3. The lowest BCUT2D eigenvalue weighted by molar-refractivity contribution is -0.330. The maximum absolute atomic E-state index is 14.2. The number of hydrogen-bond donors (Lipinski definition) is 0. The first kappa shape index (κ1) is 34.6. The van der Waals surface area contributed by atoms with Crippen LogP contribution in [0.3, 0.4) is 0 Å². The third-order valence-electron chi connectivity index (χ3n) is 8.74. The quantitative estimate of drug-likeness (QED) is 0.179. The number of carbonyl (C=O) groups excluding carboxylic acids is 1. The Hall–Kier alpha value is -3.75. The van der Waals surface area contributed by atoms with E-state index in [1.54, 1.807) is 36.9 Å². The zero-order valence-corrected chi connectivity index (χ0v) is 27.7.